The number of nitrogens with one attached hydrogen (secondary N) is 1. The van der Waals surface area contributed by atoms with E-state index in [-0.39, 0.29) is 18.4 Å². The fourth-order valence-electron chi connectivity index (χ4n) is 3.68. The molecule has 3 aromatic rings. The number of amides is 1. The van der Waals surface area contributed by atoms with Crippen molar-refractivity contribution >= 4 is 23.9 Å². The number of aliphatic hydroxyl groups is 1. The maximum atomic E-state index is 12.6. The first-order valence-electron chi connectivity index (χ1n) is 10.8. The van der Waals surface area contributed by atoms with Gasteiger partial charge >= 0.3 is 0 Å². The summed E-state index contributed by atoms with van der Waals surface area (Å²) >= 11 is 0. The van der Waals surface area contributed by atoms with Crippen LogP contribution in [0.3, 0.4) is 0 Å². The molecule has 158 valence electrons. The molecular weight excluding hydrogens is 386 g/mol. The summed E-state index contributed by atoms with van der Waals surface area (Å²) in [7, 11) is 0. The first kappa shape index (κ1) is 20.9. The van der Waals surface area contributed by atoms with Crippen LogP contribution in [-0.2, 0) is 24.2 Å². The fraction of sp³-hybridized carbons (Fsp3) is 0.269. The lowest BCUT2D eigenvalue weighted by atomic mass is 9.90. The monoisotopic (exact) mass is 413 g/mol. The Hall–Kier alpha value is -3.31. The number of anilines is 1. The Balaban J connectivity index is 1.78. The van der Waals surface area contributed by atoms with E-state index in [1.165, 1.54) is 5.56 Å². The minimum atomic E-state index is -0.0959. The number of benzene rings is 2. The molecule has 5 nitrogen and oxygen atoms in total. The Morgan fingerprint density at radius 2 is 1.94 bits per heavy atom. The van der Waals surface area contributed by atoms with Gasteiger partial charge in [0.2, 0.25) is 5.91 Å². The second-order valence-electron chi connectivity index (χ2n) is 7.94. The van der Waals surface area contributed by atoms with E-state index in [1.54, 1.807) is 0 Å². The van der Waals surface area contributed by atoms with Crippen molar-refractivity contribution in [1.82, 2.24) is 9.97 Å². The molecule has 1 aliphatic carbocycles. The van der Waals surface area contributed by atoms with Gasteiger partial charge in [-0.2, -0.15) is 0 Å². The van der Waals surface area contributed by atoms with Gasteiger partial charge in [0.15, 0.2) is 5.82 Å². The zero-order valence-corrected chi connectivity index (χ0v) is 17.9. The van der Waals surface area contributed by atoms with E-state index in [0.717, 1.165) is 47.3 Å². The first-order valence-corrected chi connectivity index (χ1v) is 10.8. The SMILES string of the molecule is CCC(C)C(=O)Nc1nc2c(nc1/C=C/c1ccccc1)-c1ccc(CO)cc1CC2. The summed E-state index contributed by atoms with van der Waals surface area (Å²) in [6.45, 7) is 3.93. The lowest BCUT2D eigenvalue weighted by molar-refractivity contribution is -0.119. The molecule has 4 rings (SSSR count). The molecule has 1 aromatic heterocycles. The quantitative estimate of drug-likeness (QED) is 0.603. The van der Waals surface area contributed by atoms with Crippen LogP contribution in [0.15, 0.2) is 48.5 Å². The fourth-order valence-corrected chi connectivity index (χ4v) is 3.68. The van der Waals surface area contributed by atoms with Crippen molar-refractivity contribution in [3.05, 3.63) is 76.6 Å². The molecule has 0 fully saturated rings. The number of fused-ring (bicyclic) bond motifs is 3. The summed E-state index contributed by atoms with van der Waals surface area (Å²) in [5.41, 5.74) is 6.53. The molecule has 1 atom stereocenters. The normalized spacial score (nSPS) is 13.5. The summed E-state index contributed by atoms with van der Waals surface area (Å²) in [5, 5.41) is 12.5. The van der Waals surface area contributed by atoms with Crippen molar-refractivity contribution < 1.29 is 9.90 Å². The van der Waals surface area contributed by atoms with Gasteiger partial charge in [0.05, 0.1) is 18.0 Å². The molecular formula is C26H27N3O2. The third-order valence-corrected chi connectivity index (χ3v) is 5.77. The van der Waals surface area contributed by atoms with Crippen LogP contribution >= 0.6 is 0 Å². The molecule has 2 aromatic carbocycles. The van der Waals surface area contributed by atoms with Gasteiger partial charge in [-0.1, -0.05) is 68.5 Å². The number of rotatable bonds is 6. The summed E-state index contributed by atoms with van der Waals surface area (Å²) in [4.78, 5) is 22.3. The van der Waals surface area contributed by atoms with Crippen LogP contribution in [0.5, 0.6) is 0 Å². The molecule has 2 N–H and O–H groups in total. The lowest BCUT2D eigenvalue weighted by Crippen LogP contribution is -2.22. The number of nitrogens with zero attached hydrogens (tertiary/aromatic N) is 2. The molecule has 0 bridgehead atoms. The van der Waals surface area contributed by atoms with Crippen LogP contribution in [0.25, 0.3) is 23.4 Å². The number of carbonyl (C=O) groups excluding carboxylic acids is 1. The number of aryl methyl sites for hydroxylation is 2. The summed E-state index contributed by atoms with van der Waals surface area (Å²) < 4.78 is 0. The smallest absolute Gasteiger partial charge is 0.228 e. The van der Waals surface area contributed by atoms with E-state index in [4.69, 9.17) is 9.97 Å². The molecule has 31 heavy (non-hydrogen) atoms. The van der Waals surface area contributed by atoms with E-state index < -0.39 is 0 Å². The lowest BCUT2D eigenvalue weighted by Gasteiger charge is -2.21. The van der Waals surface area contributed by atoms with Gasteiger partial charge in [-0.3, -0.25) is 4.79 Å². The molecule has 1 unspecified atom stereocenters. The van der Waals surface area contributed by atoms with Gasteiger partial charge < -0.3 is 10.4 Å². The maximum absolute atomic E-state index is 12.6. The highest BCUT2D eigenvalue weighted by Crippen LogP contribution is 2.34. The van der Waals surface area contributed by atoms with Crippen molar-refractivity contribution in [2.75, 3.05) is 5.32 Å². The largest absolute Gasteiger partial charge is 0.392 e. The standard InChI is InChI=1S/C26H27N3O2/c1-3-17(2)26(31)29-25-23(13-10-18-7-5-4-6-8-18)27-24-21-12-9-19(16-30)15-20(21)11-14-22(24)28-25/h4-10,12-13,15,17,30H,3,11,14,16H2,1-2H3,(H,28,29,31)/b13-10+. The summed E-state index contributed by atoms with van der Waals surface area (Å²) in [6, 6.07) is 16.0. The van der Waals surface area contributed by atoms with Crippen LogP contribution in [0.2, 0.25) is 0 Å². The van der Waals surface area contributed by atoms with Crippen molar-refractivity contribution in [2.45, 2.75) is 39.7 Å². The van der Waals surface area contributed by atoms with Gasteiger partial charge in [0, 0.05) is 11.5 Å². The molecule has 0 saturated carbocycles. The molecule has 0 spiro atoms. The molecule has 0 saturated heterocycles. The van der Waals surface area contributed by atoms with Gasteiger partial charge in [-0.25, -0.2) is 9.97 Å². The molecule has 1 amide bonds. The second kappa shape index (κ2) is 9.23. The summed E-state index contributed by atoms with van der Waals surface area (Å²) in [6.07, 6.45) is 6.24. The van der Waals surface area contributed by atoms with Crippen LogP contribution < -0.4 is 5.32 Å². The molecule has 0 aliphatic heterocycles. The number of hydrogen-bond acceptors (Lipinski definition) is 4. The highest BCUT2D eigenvalue weighted by molar-refractivity contribution is 5.93. The van der Waals surface area contributed by atoms with Crippen LogP contribution in [0, 0.1) is 5.92 Å². The molecule has 5 heteroatoms. The average molecular weight is 414 g/mol. The Morgan fingerprint density at radius 1 is 1.13 bits per heavy atom. The molecule has 1 heterocycles. The van der Waals surface area contributed by atoms with E-state index in [1.807, 2.05) is 74.5 Å². The van der Waals surface area contributed by atoms with E-state index in [0.29, 0.717) is 11.5 Å². The Labute approximate surface area is 182 Å². The third kappa shape index (κ3) is 4.57. The highest BCUT2D eigenvalue weighted by atomic mass is 16.3. The predicted octanol–water partition coefficient (Wildman–Crippen LogP) is 4.89. The number of aromatic nitrogens is 2. The zero-order chi connectivity index (χ0) is 21.8. The Morgan fingerprint density at radius 3 is 2.68 bits per heavy atom. The van der Waals surface area contributed by atoms with Crippen molar-refractivity contribution in [1.29, 1.82) is 0 Å². The van der Waals surface area contributed by atoms with Gasteiger partial charge in [-0.15, -0.1) is 0 Å². The minimum Gasteiger partial charge on any atom is -0.392 e. The van der Waals surface area contributed by atoms with Crippen molar-refractivity contribution in [3.8, 4) is 11.3 Å². The van der Waals surface area contributed by atoms with E-state index >= 15 is 0 Å². The number of hydrogen-bond donors (Lipinski definition) is 2. The van der Waals surface area contributed by atoms with Crippen LogP contribution in [0.1, 0.15) is 48.3 Å². The Kier molecular flexibility index (Phi) is 6.23. The average Bonchev–Trinajstić information content (AvgIpc) is 2.82. The van der Waals surface area contributed by atoms with Gasteiger partial charge in [0.1, 0.15) is 5.69 Å². The van der Waals surface area contributed by atoms with Crippen molar-refractivity contribution in [2.24, 2.45) is 5.92 Å². The maximum Gasteiger partial charge on any atom is 0.228 e. The molecule has 0 radical (unpaired) electrons. The summed E-state index contributed by atoms with van der Waals surface area (Å²) in [5.74, 6) is 0.364. The zero-order valence-electron chi connectivity index (χ0n) is 17.9. The van der Waals surface area contributed by atoms with Crippen molar-refractivity contribution in [3.63, 3.8) is 0 Å². The minimum absolute atomic E-state index is 0.0253. The number of carbonyl (C=O) groups is 1. The van der Waals surface area contributed by atoms with Gasteiger partial charge in [-0.05, 0) is 42.0 Å². The topological polar surface area (TPSA) is 75.1 Å². The van der Waals surface area contributed by atoms with Gasteiger partial charge in [0.25, 0.3) is 0 Å². The number of aliphatic hydroxyl groups excluding tert-OH is 1. The first-order chi connectivity index (χ1) is 15.1. The Bertz CT molecular complexity index is 1120. The highest BCUT2D eigenvalue weighted by Gasteiger charge is 2.22. The molecule has 1 aliphatic rings. The van der Waals surface area contributed by atoms with Crippen LogP contribution in [0.4, 0.5) is 5.82 Å². The third-order valence-electron chi connectivity index (χ3n) is 5.77. The van der Waals surface area contributed by atoms with E-state index in [9.17, 15) is 9.90 Å². The second-order valence-corrected chi connectivity index (χ2v) is 7.94. The predicted molar refractivity (Wildman–Crippen MR) is 124 cm³/mol. The van der Waals surface area contributed by atoms with Crippen LogP contribution in [-0.4, -0.2) is 21.0 Å². The van der Waals surface area contributed by atoms with E-state index in [2.05, 4.69) is 5.32 Å².